The highest BCUT2D eigenvalue weighted by Gasteiger charge is 2.17. The first kappa shape index (κ1) is 11.9. The second kappa shape index (κ2) is 6.33. The van der Waals surface area contributed by atoms with Gasteiger partial charge in [0.15, 0.2) is 5.78 Å². The molecule has 0 amide bonds. The Bertz CT molecular complexity index is 295. The van der Waals surface area contributed by atoms with E-state index in [1.165, 1.54) is 0 Å². The quantitative estimate of drug-likeness (QED) is 0.665. The lowest BCUT2D eigenvalue weighted by Gasteiger charge is -2.12. The smallest absolute Gasteiger partial charge is 0.167 e. The number of ketones is 1. The molecule has 0 saturated carbocycles. The Morgan fingerprint density at radius 3 is 2.80 bits per heavy atom. The third-order valence-electron chi connectivity index (χ3n) is 2.72. The highest BCUT2D eigenvalue weighted by Crippen LogP contribution is 2.17. The molecule has 0 aliphatic rings. The van der Waals surface area contributed by atoms with Gasteiger partial charge in [0.2, 0.25) is 0 Å². The number of nitrogens with zero attached hydrogens (tertiary/aromatic N) is 1. The lowest BCUT2D eigenvalue weighted by atomic mass is 9.91. The van der Waals surface area contributed by atoms with Gasteiger partial charge in [-0.25, -0.2) is 0 Å². The fraction of sp³-hybridized carbons (Fsp3) is 0.538. The highest BCUT2D eigenvalue weighted by atomic mass is 16.1. The number of carbonyl (C=O) groups is 1. The summed E-state index contributed by atoms with van der Waals surface area (Å²) in [4.78, 5) is 16.0. The SMILES string of the molecule is CCCCC(CC)C(=O)c1cccnc1. The lowest BCUT2D eigenvalue weighted by Crippen LogP contribution is -2.14. The average Bonchev–Trinajstić information content (AvgIpc) is 2.31. The number of aromatic nitrogens is 1. The number of hydrogen-bond donors (Lipinski definition) is 0. The van der Waals surface area contributed by atoms with E-state index in [1.807, 2.05) is 12.1 Å². The summed E-state index contributed by atoms with van der Waals surface area (Å²) in [7, 11) is 0. The van der Waals surface area contributed by atoms with Crippen molar-refractivity contribution in [1.82, 2.24) is 4.98 Å². The van der Waals surface area contributed by atoms with E-state index in [0.717, 1.165) is 31.2 Å². The maximum absolute atomic E-state index is 12.0. The third kappa shape index (κ3) is 3.46. The van der Waals surface area contributed by atoms with Crippen LogP contribution in [0, 0.1) is 5.92 Å². The van der Waals surface area contributed by atoms with Gasteiger partial charge in [-0.3, -0.25) is 9.78 Å². The first-order valence-corrected chi connectivity index (χ1v) is 5.73. The molecule has 1 rings (SSSR count). The first-order chi connectivity index (χ1) is 7.29. The second-order valence-electron chi connectivity index (χ2n) is 3.85. The predicted molar refractivity (Wildman–Crippen MR) is 61.9 cm³/mol. The Hall–Kier alpha value is -1.18. The van der Waals surface area contributed by atoms with Crippen molar-refractivity contribution in [3.63, 3.8) is 0 Å². The van der Waals surface area contributed by atoms with E-state index >= 15 is 0 Å². The molecule has 1 atom stereocenters. The van der Waals surface area contributed by atoms with Crippen molar-refractivity contribution in [1.29, 1.82) is 0 Å². The zero-order valence-corrected chi connectivity index (χ0v) is 9.57. The molecule has 1 aromatic rings. The van der Waals surface area contributed by atoms with Crippen molar-refractivity contribution >= 4 is 5.78 Å². The van der Waals surface area contributed by atoms with Crippen LogP contribution < -0.4 is 0 Å². The average molecular weight is 205 g/mol. The van der Waals surface area contributed by atoms with Crippen molar-refractivity contribution in [3.05, 3.63) is 30.1 Å². The Balaban J connectivity index is 2.65. The fourth-order valence-corrected chi connectivity index (χ4v) is 1.72. The second-order valence-corrected chi connectivity index (χ2v) is 3.85. The van der Waals surface area contributed by atoms with E-state index in [1.54, 1.807) is 12.4 Å². The van der Waals surface area contributed by atoms with E-state index in [4.69, 9.17) is 0 Å². The molecule has 15 heavy (non-hydrogen) atoms. The maximum Gasteiger partial charge on any atom is 0.167 e. The molecule has 1 aromatic heterocycles. The third-order valence-corrected chi connectivity index (χ3v) is 2.72. The molecular formula is C13H19NO. The van der Waals surface area contributed by atoms with Gasteiger partial charge in [0, 0.05) is 23.9 Å². The number of carbonyl (C=O) groups excluding carboxylic acids is 1. The monoisotopic (exact) mass is 205 g/mol. The molecule has 0 bridgehead atoms. The molecule has 2 heteroatoms. The van der Waals surface area contributed by atoms with Crippen LogP contribution in [0.5, 0.6) is 0 Å². The number of rotatable bonds is 6. The Morgan fingerprint density at radius 2 is 2.27 bits per heavy atom. The van der Waals surface area contributed by atoms with Gasteiger partial charge in [0.25, 0.3) is 0 Å². The summed E-state index contributed by atoms with van der Waals surface area (Å²) in [6, 6.07) is 3.67. The van der Waals surface area contributed by atoms with Crippen molar-refractivity contribution in [3.8, 4) is 0 Å². The van der Waals surface area contributed by atoms with Crippen LogP contribution in [0.4, 0.5) is 0 Å². The molecular weight excluding hydrogens is 186 g/mol. The molecule has 0 N–H and O–H groups in total. The minimum Gasteiger partial charge on any atom is -0.294 e. The first-order valence-electron chi connectivity index (χ1n) is 5.73. The topological polar surface area (TPSA) is 30.0 Å². The molecule has 0 aliphatic heterocycles. The molecule has 1 heterocycles. The zero-order chi connectivity index (χ0) is 11.1. The van der Waals surface area contributed by atoms with Crippen molar-refractivity contribution in [2.45, 2.75) is 39.5 Å². The summed E-state index contributed by atoms with van der Waals surface area (Å²) in [6.07, 6.45) is 7.57. The van der Waals surface area contributed by atoms with Crippen LogP contribution in [-0.4, -0.2) is 10.8 Å². The summed E-state index contributed by atoms with van der Waals surface area (Å²) in [5.74, 6) is 0.424. The van der Waals surface area contributed by atoms with Crippen LogP contribution in [0.1, 0.15) is 49.9 Å². The standard InChI is InChI=1S/C13H19NO/c1-3-5-7-11(4-2)13(15)12-8-6-9-14-10-12/h6,8-11H,3-5,7H2,1-2H3. The van der Waals surface area contributed by atoms with Crippen LogP contribution >= 0.6 is 0 Å². The van der Waals surface area contributed by atoms with Crippen LogP contribution in [0.3, 0.4) is 0 Å². The lowest BCUT2D eigenvalue weighted by molar-refractivity contribution is 0.0908. The number of hydrogen-bond acceptors (Lipinski definition) is 2. The number of pyridine rings is 1. The van der Waals surface area contributed by atoms with E-state index in [0.29, 0.717) is 0 Å². The highest BCUT2D eigenvalue weighted by molar-refractivity contribution is 5.97. The molecule has 0 radical (unpaired) electrons. The van der Waals surface area contributed by atoms with Gasteiger partial charge in [0.1, 0.15) is 0 Å². The van der Waals surface area contributed by atoms with Gasteiger partial charge >= 0.3 is 0 Å². The molecule has 82 valence electrons. The normalized spacial score (nSPS) is 12.4. The van der Waals surface area contributed by atoms with E-state index in [9.17, 15) is 4.79 Å². The van der Waals surface area contributed by atoms with Crippen molar-refractivity contribution in [2.24, 2.45) is 5.92 Å². The van der Waals surface area contributed by atoms with E-state index in [-0.39, 0.29) is 11.7 Å². The number of Topliss-reactive ketones (excluding diaryl/α,β-unsaturated/α-hetero) is 1. The molecule has 0 fully saturated rings. The van der Waals surface area contributed by atoms with E-state index in [2.05, 4.69) is 18.8 Å². The van der Waals surface area contributed by atoms with Gasteiger partial charge < -0.3 is 0 Å². The van der Waals surface area contributed by atoms with Gasteiger partial charge in [-0.2, -0.15) is 0 Å². The predicted octanol–water partition coefficient (Wildman–Crippen LogP) is 3.48. The largest absolute Gasteiger partial charge is 0.294 e. The Labute approximate surface area is 91.7 Å². The van der Waals surface area contributed by atoms with Crippen LogP contribution in [-0.2, 0) is 0 Å². The molecule has 0 aliphatic carbocycles. The molecule has 1 unspecified atom stereocenters. The summed E-state index contributed by atoms with van der Waals surface area (Å²) in [5.41, 5.74) is 0.750. The maximum atomic E-state index is 12.0. The van der Waals surface area contributed by atoms with Gasteiger partial charge in [-0.05, 0) is 25.0 Å². The van der Waals surface area contributed by atoms with Gasteiger partial charge in [-0.1, -0.05) is 26.7 Å². The summed E-state index contributed by atoms with van der Waals surface area (Å²) in [5, 5.41) is 0. The minimum atomic E-state index is 0.175. The summed E-state index contributed by atoms with van der Waals surface area (Å²) < 4.78 is 0. The van der Waals surface area contributed by atoms with Gasteiger partial charge in [-0.15, -0.1) is 0 Å². The van der Waals surface area contributed by atoms with Crippen molar-refractivity contribution in [2.75, 3.05) is 0 Å². The minimum absolute atomic E-state index is 0.175. The van der Waals surface area contributed by atoms with Gasteiger partial charge in [0.05, 0.1) is 0 Å². The number of unbranched alkanes of at least 4 members (excludes halogenated alkanes) is 1. The Kier molecular flexibility index (Phi) is 5.02. The van der Waals surface area contributed by atoms with Crippen LogP contribution in [0.2, 0.25) is 0 Å². The molecule has 0 saturated heterocycles. The Morgan fingerprint density at radius 1 is 1.47 bits per heavy atom. The molecule has 2 nitrogen and oxygen atoms in total. The van der Waals surface area contributed by atoms with Crippen molar-refractivity contribution < 1.29 is 4.79 Å². The van der Waals surface area contributed by atoms with Crippen LogP contribution in [0.25, 0.3) is 0 Å². The summed E-state index contributed by atoms with van der Waals surface area (Å²) >= 11 is 0. The van der Waals surface area contributed by atoms with Crippen LogP contribution in [0.15, 0.2) is 24.5 Å². The fourth-order valence-electron chi connectivity index (χ4n) is 1.72. The molecule has 0 aromatic carbocycles. The summed E-state index contributed by atoms with van der Waals surface area (Å²) in [6.45, 7) is 4.23. The van der Waals surface area contributed by atoms with E-state index < -0.39 is 0 Å². The zero-order valence-electron chi connectivity index (χ0n) is 9.57. The molecule has 0 spiro atoms.